The van der Waals surface area contributed by atoms with E-state index in [1.807, 2.05) is 34.6 Å². The summed E-state index contributed by atoms with van der Waals surface area (Å²) in [4.78, 5) is 10.8. The van der Waals surface area contributed by atoms with Gasteiger partial charge in [0.2, 0.25) is 0 Å². The maximum Gasteiger partial charge on any atom is 0.132 e. The van der Waals surface area contributed by atoms with Crippen molar-refractivity contribution in [3.8, 4) is 0 Å². The van der Waals surface area contributed by atoms with Crippen molar-refractivity contribution in [2.75, 3.05) is 6.54 Å². The van der Waals surface area contributed by atoms with Crippen molar-refractivity contribution < 1.29 is 4.79 Å². The lowest BCUT2D eigenvalue weighted by Gasteiger charge is -2.10. The summed E-state index contributed by atoms with van der Waals surface area (Å²) >= 11 is 0. The summed E-state index contributed by atoms with van der Waals surface area (Å²) in [5, 5.41) is 0. The van der Waals surface area contributed by atoms with Crippen molar-refractivity contribution >= 4 is 5.78 Å². The Hall–Kier alpha value is -0.370. The molecule has 0 aromatic carbocycles. The zero-order valence-electron chi connectivity index (χ0n) is 11.8. The third-order valence-corrected chi connectivity index (χ3v) is 2.19. The summed E-state index contributed by atoms with van der Waals surface area (Å²) in [6.07, 6.45) is 2.05. The Bertz CT molecular complexity index is 124. The van der Waals surface area contributed by atoms with Gasteiger partial charge in [0.15, 0.2) is 0 Å². The Labute approximate surface area is 96.6 Å². The summed E-state index contributed by atoms with van der Waals surface area (Å²) < 4.78 is 0. The highest BCUT2D eigenvalue weighted by molar-refractivity contribution is 5.77. The number of hydrogen-bond acceptors (Lipinski definition) is 2. The van der Waals surface area contributed by atoms with E-state index >= 15 is 0 Å². The maximum atomic E-state index is 10.8. The number of hydrogen-bond donors (Lipinski definition) is 1. The lowest BCUT2D eigenvalue weighted by atomic mass is 9.96. The first-order valence-corrected chi connectivity index (χ1v) is 6.28. The van der Waals surface area contributed by atoms with E-state index in [2.05, 4.69) is 6.92 Å². The second kappa shape index (κ2) is 16.1. The summed E-state index contributed by atoms with van der Waals surface area (Å²) in [5.74, 6) is 1.05. The summed E-state index contributed by atoms with van der Waals surface area (Å²) in [6, 6.07) is 0. The molecule has 2 atom stereocenters. The number of carbonyl (C=O) groups is 1. The minimum Gasteiger partial charge on any atom is -0.330 e. The molecular formula is C13H31NO. The number of carbonyl (C=O) groups excluding carboxylic acids is 1. The van der Waals surface area contributed by atoms with Crippen LogP contribution in [0.2, 0.25) is 0 Å². The minimum atomic E-state index is 0.212. The van der Waals surface area contributed by atoms with Gasteiger partial charge in [-0.2, -0.15) is 0 Å². The van der Waals surface area contributed by atoms with Crippen LogP contribution in [-0.2, 0) is 4.79 Å². The normalized spacial score (nSPS) is 12.5. The molecule has 0 saturated carbocycles. The standard InChI is InChI=1S/C9H19NO.2C2H6/c1-7(6-10)4-5-8(2)9(3)11;2*1-2/h7-8H,4-6,10H2,1-3H3;2*1-2H3. The largest absolute Gasteiger partial charge is 0.330 e. The average molecular weight is 217 g/mol. The minimum absolute atomic E-state index is 0.212. The second-order valence-corrected chi connectivity index (χ2v) is 3.43. The van der Waals surface area contributed by atoms with Crippen LogP contribution in [0.25, 0.3) is 0 Å². The highest BCUT2D eigenvalue weighted by Gasteiger charge is 2.08. The molecule has 2 nitrogen and oxygen atoms in total. The van der Waals surface area contributed by atoms with E-state index in [0.717, 1.165) is 19.4 Å². The van der Waals surface area contributed by atoms with Crippen LogP contribution in [0.15, 0.2) is 0 Å². The lowest BCUT2D eigenvalue weighted by molar-refractivity contribution is -0.120. The second-order valence-electron chi connectivity index (χ2n) is 3.43. The molecule has 0 aliphatic heterocycles. The Morgan fingerprint density at radius 1 is 1.07 bits per heavy atom. The van der Waals surface area contributed by atoms with Crippen LogP contribution in [0.1, 0.15) is 61.3 Å². The van der Waals surface area contributed by atoms with Gasteiger partial charge < -0.3 is 5.73 Å². The quantitative estimate of drug-likeness (QED) is 0.764. The Kier molecular flexibility index (Phi) is 21.5. The van der Waals surface area contributed by atoms with E-state index < -0.39 is 0 Å². The van der Waals surface area contributed by atoms with Gasteiger partial charge in [-0.25, -0.2) is 0 Å². The molecule has 0 aromatic heterocycles. The summed E-state index contributed by atoms with van der Waals surface area (Å²) in [6.45, 7) is 14.5. The topological polar surface area (TPSA) is 43.1 Å². The van der Waals surface area contributed by atoms with Crippen LogP contribution in [0, 0.1) is 11.8 Å². The molecule has 0 rings (SSSR count). The van der Waals surface area contributed by atoms with E-state index in [1.165, 1.54) is 0 Å². The Morgan fingerprint density at radius 3 is 1.73 bits per heavy atom. The van der Waals surface area contributed by atoms with Gasteiger partial charge in [0.1, 0.15) is 5.78 Å². The zero-order chi connectivity index (χ0) is 12.9. The van der Waals surface area contributed by atoms with Gasteiger partial charge in [0.05, 0.1) is 0 Å². The molecule has 0 aliphatic carbocycles. The molecule has 0 saturated heterocycles. The van der Waals surface area contributed by atoms with Crippen LogP contribution < -0.4 is 5.73 Å². The third kappa shape index (κ3) is 16.3. The first-order valence-electron chi connectivity index (χ1n) is 6.28. The van der Waals surface area contributed by atoms with Gasteiger partial charge in [0, 0.05) is 5.92 Å². The van der Waals surface area contributed by atoms with E-state index in [9.17, 15) is 4.79 Å². The molecule has 0 aliphatic rings. The smallest absolute Gasteiger partial charge is 0.132 e. The van der Waals surface area contributed by atoms with Crippen molar-refractivity contribution in [2.45, 2.75) is 61.3 Å². The van der Waals surface area contributed by atoms with Gasteiger partial charge in [-0.15, -0.1) is 0 Å². The van der Waals surface area contributed by atoms with Crippen LogP contribution in [0.3, 0.4) is 0 Å². The van der Waals surface area contributed by atoms with Crippen LogP contribution in [0.4, 0.5) is 0 Å². The molecule has 0 radical (unpaired) electrons. The molecule has 2 N–H and O–H groups in total. The molecule has 94 valence electrons. The molecule has 0 fully saturated rings. The fourth-order valence-corrected chi connectivity index (χ4v) is 0.856. The zero-order valence-corrected chi connectivity index (χ0v) is 11.8. The molecule has 0 amide bonds. The molecule has 2 heteroatoms. The fraction of sp³-hybridized carbons (Fsp3) is 0.923. The highest BCUT2D eigenvalue weighted by Crippen LogP contribution is 2.11. The van der Waals surface area contributed by atoms with Crippen molar-refractivity contribution in [3.05, 3.63) is 0 Å². The maximum absolute atomic E-state index is 10.8. The first-order chi connectivity index (χ1) is 7.07. The Morgan fingerprint density at radius 2 is 1.47 bits per heavy atom. The van der Waals surface area contributed by atoms with Crippen LogP contribution in [0.5, 0.6) is 0 Å². The summed E-state index contributed by atoms with van der Waals surface area (Å²) in [5.41, 5.74) is 5.45. The fourth-order valence-electron chi connectivity index (χ4n) is 0.856. The monoisotopic (exact) mass is 217 g/mol. The van der Waals surface area contributed by atoms with Crippen LogP contribution in [-0.4, -0.2) is 12.3 Å². The predicted molar refractivity (Wildman–Crippen MR) is 70.0 cm³/mol. The van der Waals surface area contributed by atoms with Crippen LogP contribution >= 0.6 is 0 Å². The predicted octanol–water partition coefficient (Wildman–Crippen LogP) is 3.64. The number of Topliss-reactive ketones (excluding diaryl/α,β-unsaturated/α-hetero) is 1. The molecule has 2 unspecified atom stereocenters. The van der Waals surface area contributed by atoms with Crippen molar-refractivity contribution in [1.29, 1.82) is 0 Å². The molecule has 0 bridgehead atoms. The SMILES string of the molecule is CC.CC.CC(=O)C(C)CCC(C)CN. The molecule has 0 spiro atoms. The molecule has 0 heterocycles. The summed E-state index contributed by atoms with van der Waals surface area (Å²) in [7, 11) is 0. The van der Waals surface area contributed by atoms with Gasteiger partial charge in [-0.05, 0) is 32.2 Å². The van der Waals surface area contributed by atoms with Gasteiger partial charge >= 0.3 is 0 Å². The van der Waals surface area contributed by atoms with E-state index in [1.54, 1.807) is 6.92 Å². The molecule has 0 aromatic rings. The van der Waals surface area contributed by atoms with E-state index in [-0.39, 0.29) is 11.7 Å². The van der Waals surface area contributed by atoms with Crippen molar-refractivity contribution in [2.24, 2.45) is 17.6 Å². The Balaban J connectivity index is -0.000000318. The van der Waals surface area contributed by atoms with Gasteiger partial charge in [-0.1, -0.05) is 41.5 Å². The number of rotatable bonds is 5. The van der Waals surface area contributed by atoms with E-state index in [4.69, 9.17) is 5.73 Å². The van der Waals surface area contributed by atoms with Crippen molar-refractivity contribution in [3.63, 3.8) is 0 Å². The van der Waals surface area contributed by atoms with Crippen molar-refractivity contribution in [1.82, 2.24) is 0 Å². The number of ketones is 1. The van der Waals surface area contributed by atoms with E-state index in [0.29, 0.717) is 5.92 Å². The van der Waals surface area contributed by atoms with Gasteiger partial charge in [-0.3, -0.25) is 4.79 Å². The first kappa shape index (κ1) is 20.1. The average Bonchev–Trinajstić information content (AvgIpc) is 2.30. The molecular weight excluding hydrogens is 186 g/mol. The lowest BCUT2D eigenvalue weighted by Crippen LogP contribution is -2.14. The number of nitrogens with two attached hydrogens (primary N) is 1. The highest BCUT2D eigenvalue weighted by atomic mass is 16.1. The third-order valence-electron chi connectivity index (χ3n) is 2.19. The van der Waals surface area contributed by atoms with Gasteiger partial charge in [0.25, 0.3) is 0 Å². The molecule has 15 heavy (non-hydrogen) atoms.